The maximum Gasteiger partial charge on any atom is 0.123 e. The molecule has 9 aromatic carbocycles. The van der Waals surface area contributed by atoms with Gasteiger partial charge in [-0.2, -0.15) is 0 Å². The van der Waals surface area contributed by atoms with Crippen molar-refractivity contribution in [2.75, 3.05) is 14.2 Å². The highest BCUT2D eigenvalue weighted by Crippen LogP contribution is 2.40. The van der Waals surface area contributed by atoms with Crippen molar-refractivity contribution in [1.82, 2.24) is 0 Å². The maximum absolute atomic E-state index is 10.2. The number of aliphatic hydroxyl groups is 4. The molecular formula is C46H44O5. The average Bonchev–Trinajstić information content (AvgIpc) is 3.19. The number of aliphatic hydroxyl groups excluding tert-OH is 4. The summed E-state index contributed by atoms with van der Waals surface area (Å²) in [6.07, 6.45) is -0.769. The highest BCUT2D eigenvalue weighted by atomic mass is 16.3. The fourth-order valence-electron chi connectivity index (χ4n) is 6.48. The van der Waals surface area contributed by atoms with Crippen LogP contribution in [0, 0.1) is 0 Å². The van der Waals surface area contributed by atoms with Gasteiger partial charge in [0.15, 0.2) is 0 Å². The van der Waals surface area contributed by atoms with E-state index in [0.717, 1.165) is 36.1 Å². The monoisotopic (exact) mass is 676 g/mol. The van der Waals surface area contributed by atoms with Gasteiger partial charge >= 0.3 is 0 Å². The smallest absolute Gasteiger partial charge is 0.123 e. The van der Waals surface area contributed by atoms with Gasteiger partial charge in [0.05, 0.1) is 12.2 Å². The van der Waals surface area contributed by atoms with Crippen molar-refractivity contribution in [3.8, 4) is 5.75 Å². The maximum atomic E-state index is 10.2. The zero-order valence-corrected chi connectivity index (χ0v) is 29.3. The fraction of sp³-hybridized carbons (Fsp3) is 0.130. The van der Waals surface area contributed by atoms with Crippen LogP contribution in [0.4, 0.5) is 0 Å². The van der Waals surface area contributed by atoms with Crippen molar-refractivity contribution in [2.24, 2.45) is 0 Å². The van der Waals surface area contributed by atoms with Gasteiger partial charge in [0.1, 0.15) is 5.75 Å². The van der Waals surface area contributed by atoms with Crippen LogP contribution in [0.3, 0.4) is 0 Å². The molecule has 2 unspecified atom stereocenters. The van der Waals surface area contributed by atoms with Crippen molar-refractivity contribution >= 4 is 64.6 Å². The van der Waals surface area contributed by atoms with Crippen LogP contribution in [0.15, 0.2) is 152 Å². The molecule has 2 atom stereocenters. The molecule has 9 aromatic rings. The molecule has 5 heteroatoms. The highest BCUT2D eigenvalue weighted by Gasteiger charge is 2.12. The normalized spacial score (nSPS) is 11.8. The summed E-state index contributed by atoms with van der Waals surface area (Å²) in [6, 6.07) is 51.3. The molecule has 5 nitrogen and oxygen atoms in total. The Morgan fingerprint density at radius 2 is 0.765 bits per heavy atom. The Labute approximate surface area is 298 Å². The topological polar surface area (TPSA) is 101 Å². The van der Waals surface area contributed by atoms with Gasteiger partial charge in [-0.15, -0.1) is 0 Å². The number of fused-ring (bicyclic) bond motifs is 4. The van der Waals surface area contributed by atoms with Crippen LogP contribution < -0.4 is 0 Å². The molecule has 0 bridgehead atoms. The Kier molecular flexibility index (Phi) is 12.2. The predicted molar refractivity (Wildman–Crippen MR) is 215 cm³/mol. The predicted octanol–water partition coefficient (Wildman–Crippen LogP) is 10.4. The van der Waals surface area contributed by atoms with Crippen molar-refractivity contribution in [3.63, 3.8) is 0 Å². The third-order valence-electron chi connectivity index (χ3n) is 9.00. The molecule has 0 aliphatic rings. The minimum Gasteiger partial charge on any atom is -0.507 e. The van der Waals surface area contributed by atoms with E-state index in [2.05, 4.69) is 72.8 Å². The van der Waals surface area contributed by atoms with Gasteiger partial charge in [-0.1, -0.05) is 127 Å². The lowest BCUT2D eigenvalue weighted by Crippen LogP contribution is -1.89. The number of hydrogen-bond acceptors (Lipinski definition) is 5. The first-order valence-corrected chi connectivity index (χ1v) is 16.9. The summed E-state index contributed by atoms with van der Waals surface area (Å²) in [5, 5.41) is 57.2. The van der Waals surface area contributed by atoms with Crippen molar-refractivity contribution in [3.05, 3.63) is 163 Å². The molecule has 0 heterocycles. The first-order valence-electron chi connectivity index (χ1n) is 16.9. The summed E-state index contributed by atoms with van der Waals surface area (Å²) < 4.78 is 0. The van der Waals surface area contributed by atoms with E-state index in [1.807, 2.05) is 72.8 Å². The van der Waals surface area contributed by atoms with Crippen LogP contribution in [0.1, 0.15) is 37.2 Å². The van der Waals surface area contributed by atoms with Crippen LogP contribution in [0.25, 0.3) is 64.6 Å². The molecule has 51 heavy (non-hydrogen) atoms. The SMILES string of the molecule is CC(O)c1ccc2ccccc2c1.CC(O)c1ccc2ccccc2c1.CO.CO.Oc1ccc2ccc3c4ccccc4cc4ccc1c2c43. The summed E-state index contributed by atoms with van der Waals surface area (Å²) in [5.41, 5.74) is 1.94. The fourth-order valence-corrected chi connectivity index (χ4v) is 6.48. The van der Waals surface area contributed by atoms with Crippen molar-refractivity contribution < 1.29 is 25.5 Å². The molecular weight excluding hydrogens is 633 g/mol. The van der Waals surface area contributed by atoms with E-state index < -0.39 is 0 Å². The first-order chi connectivity index (χ1) is 24.9. The lowest BCUT2D eigenvalue weighted by Gasteiger charge is -2.13. The highest BCUT2D eigenvalue weighted by molar-refractivity contribution is 6.29. The summed E-state index contributed by atoms with van der Waals surface area (Å²) in [5.74, 6) is 0.352. The zero-order chi connectivity index (χ0) is 36.5. The van der Waals surface area contributed by atoms with Gasteiger partial charge in [-0.05, 0) is 103 Å². The number of rotatable bonds is 2. The lowest BCUT2D eigenvalue weighted by atomic mass is 9.91. The quantitative estimate of drug-likeness (QED) is 0.0927. The summed E-state index contributed by atoms with van der Waals surface area (Å²) in [4.78, 5) is 0. The second-order valence-electron chi connectivity index (χ2n) is 12.2. The van der Waals surface area contributed by atoms with Crippen LogP contribution >= 0.6 is 0 Å². The molecule has 9 rings (SSSR count). The molecule has 0 radical (unpaired) electrons. The Balaban J connectivity index is 0.000000148. The Bertz CT molecular complexity index is 2420. The second-order valence-corrected chi connectivity index (χ2v) is 12.2. The van der Waals surface area contributed by atoms with Crippen LogP contribution in [-0.2, 0) is 0 Å². The first kappa shape index (κ1) is 36.7. The number of aromatic hydroxyl groups is 1. The number of phenols is 1. The van der Waals surface area contributed by atoms with Crippen LogP contribution in [-0.4, -0.2) is 39.8 Å². The van der Waals surface area contributed by atoms with Crippen molar-refractivity contribution in [1.29, 1.82) is 0 Å². The molecule has 0 aliphatic heterocycles. The number of phenolic OH excluding ortho intramolecular Hbond substituents is 1. The Morgan fingerprint density at radius 3 is 1.31 bits per heavy atom. The molecule has 0 fully saturated rings. The molecule has 0 aliphatic carbocycles. The molecule has 5 N–H and O–H groups in total. The minimum atomic E-state index is -0.385. The molecule has 258 valence electrons. The van der Waals surface area contributed by atoms with E-state index in [4.69, 9.17) is 10.2 Å². The van der Waals surface area contributed by atoms with Gasteiger partial charge in [-0.25, -0.2) is 0 Å². The van der Waals surface area contributed by atoms with Crippen molar-refractivity contribution in [2.45, 2.75) is 26.1 Å². The van der Waals surface area contributed by atoms with Gasteiger partial charge < -0.3 is 25.5 Å². The van der Waals surface area contributed by atoms with E-state index >= 15 is 0 Å². The van der Waals surface area contributed by atoms with E-state index in [1.54, 1.807) is 19.9 Å². The van der Waals surface area contributed by atoms with Gasteiger partial charge in [0, 0.05) is 25.0 Å². The molecule has 0 saturated heterocycles. The third-order valence-corrected chi connectivity index (χ3v) is 9.00. The van der Waals surface area contributed by atoms with Gasteiger partial charge in [0.2, 0.25) is 0 Å². The third kappa shape index (κ3) is 7.93. The van der Waals surface area contributed by atoms with E-state index in [-0.39, 0.29) is 12.2 Å². The average molecular weight is 677 g/mol. The summed E-state index contributed by atoms with van der Waals surface area (Å²) in [6.45, 7) is 3.56. The number of benzene rings is 9. The van der Waals surface area contributed by atoms with Crippen LogP contribution in [0.5, 0.6) is 5.75 Å². The molecule has 0 amide bonds. The molecule has 0 aromatic heterocycles. The molecule has 0 saturated carbocycles. The molecule has 0 spiro atoms. The standard InChI is InChI=1S/C20H12O.2C12H12O.2CH4O/c21-18-10-7-12-5-8-16-15-4-2-1-3-13(15)11-14-6-9-17(18)19(12)20(14)16;2*1-9(13)11-7-6-10-4-2-3-5-12(10)8-11;2*1-2/h1-11,21H;2*2-9,13H,1H3;2*2H,1H3. The summed E-state index contributed by atoms with van der Waals surface area (Å²) >= 11 is 0. The van der Waals surface area contributed by atoms with Gasteiger partial charge in [-0.3, -0.25) is 0 Å². The van der Waals surface area contributed by atoms with E-state index in [1.165, 1.54) is 53.9 Å². The number of hydrogen-bond donors (Lipinski definition) is 5. The van der Waals surface area contributed by atoms with E-state index in [9.17, 15) is 15.3 Å². The van der Waals surface area contributed by atoms with E-state index in [0.29, 0.717) is 5.75 Å². The second kappa shape index (κ2) is 16.9. The Hall–Kier alpha value is -5.56. The minimum absolute atomic E-state index is 0.352. The van der Waals surface area contributed by atoms with Crippen LogP contribution in [0.2, 0.25) is 0 Å². The van der Waals surface area contributed by atoms with Gasteiger partial charge in [0.25, 0.3) is 0 Å². The Morgan fingerprint density at radius 1 is 0.353 bits per heavy atom. The largest absolute Gasteiger partial charge is 0.507 e. The zero-order valence-electron chi connectivity index (χ0n) is 29.3. The summed E-state index contributed by atoms with van der Waals surface area (Å²) in [7, 11) is 2.00. The lowest BCUT2D eigenvalue weighted by molar-refractivity contribution is 0.199.